The second kappa shape index (κ2) is 12.2. The lowest BCUT2D eigenvalue weighted by Crippen LogP contribution is -2.21. The molecule has 0 aliphatic carbocycles. The minimum Gasteiger partial charge on any atom is -0.424 e. The van der Waals surface area contributed by atoms with Gasteiger partial charge in [0.05, 0.1) is 0 Å². The van der Waals surface area contributed by atoms with E-state index in [1.54, 1.807) is 18.2 Å². The lowest BCUT2D eigenvalue weighted by atomic mass is 10.0. The van der Waals surface area contributed by atoms with Crippen molar-refractivity contribution in [3.8, 4) is 11.5 Å². The lowest BCUT2D eigenvalue weighted by Gasteiger charge is -2.18. The number of fused-ring (bicyclic) bond motifs is 2. The molecule has 3 aromatic rings. The predicted molar refractivity (Wildman–Crippen MR) is 142 cm³/mol. The van der Waals surface area contributed by atoms with Gasteiger partial charge in [-0.3, -0.25) is 9.59 Å². The molecule has 0 aromatic heterocycles. The molecule has 4 nitrogen and oxygen atoms in total. The first-order valence-electron chi connectivity index (χ1n) is 11.2. The maximum absolute atomic E-state index is 12.8. The van der Waals surface area contributed by atoms with Crippen LogP contribution in [0.15, 0.2) is 42.5 Å². The Bertz CT molecular complexity index is 1150. The highest BCUT2D eigenvalue weighted by molar-refractivity contribution is 9.10. The number of halogens is 3. The molecule has 0 bridgehead atoms. The van der Waals surface area contributed by atoms with Gasteiger partial charge in [0.15, 0.2) is 0 Å². The number of alkyl halides is 2. The SMILES string of the molecule is CCCCC(Br)C(=O)Oc1c2ccccc2c(OC(=O)C(Br)CCCC)c2cc(Cl)ccc12. The molecule has 3 aromatic carbocycles. The highest BCUT2D eigenvalue weighted by atomic mass is 79.9. The molecular weight excluding hydrogens is 572 g/mol. The first-order chi connectivity index (χ1) is 15.9. The highest BCUT2D eigenvalue weighted by Crippen LogP contribution is 2.44. The normalized spacial score (nSPS) is 13.1. The van der Waals surface area contributed by atoms with E-state index >= 15 is 0 Å². The minimum absolute atomic E-state index is 0.352. The molecule has 0 N–H and O–H groups in total. The molecule has 2 atom stereocenters. The Morgan fingerprint density at radius 2 is 1.24 bits per heavy atom. The molecule has 0 fully saturated rings. The maximum atomic E-state index is 12.8. The Labute approximate surface area is 216 Å². The molecule has 3 rings (SSSR count). The monoisotopic (exact) mass is 596 g/mol. The number of benzene rings is 3. The average molecular weight is 599 g/mol. The first-order valence-corrected chi connectivity index (χ1v) is 13.4. The van der Waals surface area contributed by atoms with Gasteiger partial charge in [0.1, 0.15) is 21.2 Å². The average Bonchev–Trinajstić information content (AvgIpc) is 2.82. The Balaban J connectivity index is 2.11. The summed E-state index contributed by atoms with van der Waals surface area (Å²) in [7, 11) is 0. The van der Waals surface area contributed by atoms with Gasteiger partial charge in [-0.2, -0.15) is 0 Å². The number of carbonyl (C=O) groups is 2. The van der Waals surface area contributed by atoms with Crippen LogP contribution in [0.25, 0.3) is 21.5 Å². The van der Waals surface area contributed by atoms with Crippen LogP contribution in [-0.4, -0.2) is 21.6 Å². The Hall–Kier alpha value is -1.63. The van der Waals surface area contributed by atoms with Crippen LogP contribution in [0.1, 0.15) is 52.4 Å². The molecule has 0 saturated carbocycles. The zero-order chi connectivity index (χ0) is 24.0. The van der Waals surface area contributed by atoms with Crippen LogP contribution in [0, 0.1) is 0 Å². The number of hydrogen-bond acceptors (Lipinski definition) is 4. The fourth-order valence-electron chi connectivity index (χ4n) is 3.62. The molecule has 0 radical (unpaired) electrons. The van der Waals surface area contributed by atoms with E-state index in [0.717, 1.165) is 25.7 Å². The minimum atomic E-state index is -0.407. The Morgan fingerprint density at radius 1 is 0.788 bits per heavy atom. The summed E-state index contributed by atoms with van der Waals surface area (Å²) >= 11 is 13.2. The zero-order valence-electron chi connectivity index (χ0n) is 18.7. The standard InChI is InChI=1S/C26H27Br2ClO4/c1-3-5-11-21(27)25(30)32-23-17-9-7-8-10-18(17)24(20-15-16(29)13-14-19(20)23)33-26(31)22(28)12-6-4-2/h7-10,13-15,21-22H,3-6,11-12H2,1-2H3. The van der Waals surface area contributed by atoms with Gasteiger partial charge in [0.25, 0.3) is 0 Å². The van der Waals surface area contributed by atoms with Crippen molar-refractivity contribution in [3.05, 3.63) is 47.5 Å². The third-order valence-corrected chi connectivity index (χ3v) is 7.32. The molecule has 33 heavy (non-hydrogen) atoms. The van der Waals surface area contributed by atoms with Gasteiger partial charge >= 0.3 is 11.9 Å². The van der Waals surface area contributed by atoms with E-state index in [4.69, 9.17) is 21.1 Å². The summed E-state index contributed by atoms with van der Waals surface area (Å²) in [6.07, 6.45) is 5.20. The summed E-state index contributed by atoms with van der Waals surface area (Å²) in [5.74, 6) is 0.133. The summed E-state index contributed by atoms with van der Waals surface area (Å²) in [4.78, 5) is 24.9. The van der Waals surface area contributed by atoms with Crippen molar-refractivity contribution >= 4 is 76.9 Å². The second-order valence-electron chi connectivity index (χ2n) is 7.96. The molecule has 176 valence electrons. The van der Waals surface area contributed by atoms with Gasteiger partial charge in [0.2, 0.25) is 0 Å². The molecule has 2 unspecified atom stereocenters. The maximum Gasteiger partial charge on any atom is 0.325 e. The van der Waals surface area contributed by atoms with Crippen molar-refractivity contribution in [2.45, 2.75) is 62.0 Å². The quantitative estimate of drug-likeness (QED) is 0.102. The van der Waals surface area contributed by atoms with E-state index in [1.165, 1.54) is 0 Å². The molecule has 7 heteroatoms. The van der Waals surface area contributed by atoms with Crippen molar-refractivity contribution in [1.82, 2.24) is 0 Å². The molecule has 0 aliphatic rings. The van der Waals surface area contributed by atoms with Crippen LogP contribution in [0.5, 0.6) is 11.5 Å². The van der Waals surface area contributed by atoms with Crippen LogP contribution in [0.4, 0.5) is 0 Å². The van der Waals surface area contributed by atoms with E-state index in [2.05, 4.69) is 45.7 Å². The topological polar surface area (TPSA) is 52.6 Å². The van der Waals surface area contributed by atoms with Crippen LogP contribution in [0.3, 0.4) is 0 Å². The van der Waals surface area contributed by atoms with E-state index in [1.807, 2.05) is 24.3 Å². The van der Waals surface area contributed by atoms with Crippen LogP contribution in [0.2, 0.25) is 5.02 Å². The van der Waals surface area contributed by atoms with Gasteiger partial charge < -0.3 is 9.47 Å². The van der Waals surface area contributed by atoms with Gasteiger partial charge in [-0.05, 0) is 31.0 Å². The van der Waals surface area contributed by atoms with Crippen molar-refractivity contribution in [2.75, 3.05) is 0 Å². The van der Waals surface area contributed by atoms with Crippen LogP contribution < -0.4 is 9.47 Å². The molecule has 0 aliphatic heterocycles. The van der Waals surface area contributed by atoms with Gasteiger partial charge in [-0.25, -0.2) is 0 Å². The molecule has 0 spiro atoms. The number of unbranched alkanes of at least 4 members (excludes halogenated alkanes) is 2. The van der Waals surface area contributed by atoms with Crippen molar-refractivity contribution in [2.24, 2.45) is 0 Å². The number of carbonyl (C=O) groups excluding carboxylic acids is 2. The van der Waals surface area contributed by atoms with Crippen LogP contribution >= 0.6 is 43.5 Å². The largest absolute Gasteiger partial charge is 0.424 e. The third-order valence-electron chi connectivity index (χ3n) is 5.43. The lowest BCUT2D eigenvalue weighted by molar-refractivity contribution is -0.134. The second-order valence-corrected chi connectivity index (χ2v) is 10.6. The first kappa shape index (κ1) is 26.0. The van der Waals surface area contributed by atoms with Gasteiger partial charge in [0, 0.05) is 26.6 Å². The third kappa shape index (κ3) is 6.28. The fraction of sp³-hybridized carbons (Fsp3) is 0.385. The predicted octanol–water partition coefficient (Wildman–Crippen LogP) is 8.36. The number of rotatable bonds is 10. The Morgan fingerprint density at radius 3 is 1.73 bits per heavy atom. The van der Waals surface area contributed by atoms with Crippen LogP contribution in [-0.2, 0) is 9.59 Å². The van der Waals surface area contributed by atoms with E-state index in [-0.39, 0.29) is 11.9 Å². The number of esters is 2. The molecule has 0 amide bonds. The molecular formula is C26H27Br2ClO4. The van der Waals surface area contributed by atoms with Crippen molar-refractivity contribution < 1.29 is 19.1 Å². The number of hydrogen-bond donors (Lipinski definition) is 0. The summed E-state index contributed by atoms with van der Waals surface area (Å²) in [6.45, 7) is 4.16. The zero-order valence-corrected chi connectivity index (χ0v) is 22.6. The van der Waals surface area contributed by atoms with Gasteiger partial charge in [-0.1, -0.05) is 107 Å². The summed E-state index contributed by atoms with van der Waals surface area (Å²) < 4.78 is 11.8. The van der Waals surface area contributed by atoms with Gasteiger partial charge in [-0.15, -0.1) is 0 Å². The van der Waals surface area contributed by atoms with Crippen molar-refractivity contribution in [3.63, 3.8) is 0 Å². The van der Waals surface area contributed by atoms with E-state index in [0.29, 0.717) is 50.9 Å². The number of ether oxygens (including phenoxy) is 2. The molecule has 0 heterocycles. The van der Waals surface area contributed by atoms with E-state index in [9.17, 15) is 9.59 Å². The highest BCUT2D eigenvalue weighted by Gasteiger charge is 2.24. The summed E-state index contributed by atoms with van der Waals surface area (Å²) in [5.41, 5.74) is 0. The van der Waals surface area contributed by atoms with Crippen molar-refractivity contribution in [1.29, 1.82) is 0 Å². The van der Waals surface area contributed by atoms with E-state index < -0.39 is 9.65 Å². The fourth-order valence-corrected chi connectivity index (χ4v) is 4.63. The Kier molecular flexibility index (Phi) is 9.59. The smallest absolute Gasteiger partial charge is 0.325 e. The molecule has 0 saturated heterocycles. The summed E-state index contributed by atoms with van der Waals surface area (Å²) in [5, 5.41) is 3.14. The summed E-state index contributed by atoms with van der Waals surface area (Å²) in [6, 6.07) is 12.7.